The molecule has 1 atom stereocenters. The fourth-order valence-corrected chi connectivity index (χ4v) is 0.992. The summed E-state index contributed by atoms with van der Waals surface area (Å²) in [5.74, 6) is -1.71. The van der Waals surface area contributed by atoms with Crippen LogP contribution in [0.15, 0.2) is 0 Å². The molecular formula is C10H16O5. The van der Waals surface area contributed by atoms with Gasteiger partial charge in [0, 0.05) is 0 Å². The van der Waals surface area contributed by atoms with Crippen molar-refractivity contribution in [2.24, 2.45) is 5.41 Å². The third-order valence-corrected chi connectivity index (χ3v) is 2.23. The van der Waals surface area contributed by atoms with Crippen LogP contribution in [0, 0.1) is 5.41 Å². The molecule has 5 heteroatoms. The van der Waals surface area contributed by atoms with Gasteiger partial charge >= 0.3 is 11.9 Å². The summed E-state index contributed by atoms with van der Waals surface area (Å²) >= 11 is 0. The smallest absolute Gasteiger partial charge is 0.319 e. The van der Waals surface area contributed by atoms with Gasteiger partial charge in [-0.2, -0.15) is 0 Å². The van der Waals surface area contributed by atoms with E-state index in [4.69, 9.17) is 4.74 Å². The molecule has 15 heavy (non-hydrogen) atoms. The third kappa shape index (κ3) is 3.34. The van der Waals surface area contributed by atoms with Crippen LogP contribution in [0.2, 0.25) is 0 Å². The second kappa shape index (κ2) is 5.48. The Balaban J connectivity index is 4.81. The molecule has 0 amide bonds. The van der Waals surface area contributed by atoms with Crippen molar-refractivity contribution in [1.29, 1.82) is 0 Å². The van der Waals surface area contributed by atoms with Crippen LogP contribution in [-0.2, 0) is 23.9 Å². The highest BCUT2D eigenvalue weighted by Gasteiger charge is 2.42. The number of ketones is 1. The Bertz CT molecular complexity index is 271. The van der Waals surface area contributed by atoms with Gasteiger partial charge < -0.3 is 9.47 Å². The lowest BCUT2D eigenvalue weighted by Crippen LogP contribution is -2.38. The summed E-state index contributed by atoms with van der Waals surface area (Å²) < 4.78 is 9.17. The summed E-state index contributed by atoms with van der Waals surface area (Å²) in [7, 11) is 1.20. The van der Waals surface area contributed by atoms with Crippen LogP contribution in [0.25, 0.3) is 0 Å². The fourth-order valence-electron chi connectivity index (χ4n) is 0.992. The van der Waals surface area contributed by atoms with Crippen molar-refractivity contribution in [3.05, 3.63) is 0 Å². The molecule has 0 N–H and O–H groups in total. The maximum absolute atomic E-state index is 11.5. The number of ether oxygens (including phenoxy) is 2. The number of methoxy groups -OCH3 is 1. The second-order valence-electron chi connectivity index (χ2n) is 3.36. The SMILES string of the molecule is CCOC(=O)[C@@](C)(CC(=O)OC)C(C)=O. The largest absolute Gasteiger partial charge is 0.469 e. The second-order valence-corrected chi connectivity index (χ2v) is 3.36. The van der Waals surface area contributed by atoms with E-state index in [-0.39, 0.29) is 13.0 Å². The van der Waals surface area contributed by atoms with E-state index < -0.39 is 23.1 Å². The lowest BCUT2D eigenvalue weighted by atomic mass is 9.83. The molecule has 0 aromatic heterocycles. The fraction of sp³-hybridized carbons (Fsp3) is 0.700. The molecule has 0 bridgehead atoms. The molecule has 0 saturated carbocycles. The first-order chi connectivity index (χ1) is 6.88. The molecule has 0 heterocycles. The van der Waals surface area contributed by atoms with Crippen LogP contribution in [0.1, 0.15) is 27.2 Å². The van der Waals surface area contributed by atoms with E-state index in [1.54, 1.807) is 6.92 Å². The van der Waals surface area contributed by atoms with Crippen molar-refractivity contribution in [3.63, 3.8) is 0 Å². The van der Waals surface area contributed by atoms with E-state index in [1.807, 2.05) is 0 Å². The van der Waals surface area contributed by atoms with Gasteiger partial charge in [0.15, 0.2) is 0 Å². The monoisotopic (exact) mass is 216 g/mol. The summed E-state index contributed by atoms with van der Waals surface area (Å²) in [5.41, 5.74) is -1.44. The lowest BCUT2D eigenvalue weighted by molar-refractivity contribution is -0.164. The zero-order valence-electron chi connectivity index (χ0n) is 9.46. The molecule has 0 unspecified atom stereocenters. The number of carbonyl (C=O) groups is 3. The molecule has 0 fully saturated rings. The molecule has 0 aliphatic rings. The zero-order chi connectivity index (χ0) is 12.1. The number of carbonyl (C=O) groups excluding carboxylic acids is 3. The number of Topliss-reactive ketones (excluding diaryl/α,β-unsaturated/α-hetero) is 1. The van der Waals surface area contributed by atoms with Crippen molar-refractivity contribution in [2.75, 3.05) is 13.7 Å². The van der Waals surface area contributed by atoms with Gasteiger partial charge in [-0.15, -0.1) is 0 Å². The van der Waals surface area contributed by atoms with E-state index in [0.29, 0.717) is 0 Å². The quantitative estimate of drug-likeness (QED) is 0.500. The highest BCUT2D eigenvalue weighted by Crippen LogP contribution is 2.25. The van der Waals surface area contributed by atoms with Crippen molar-refractivity contribution in [1.82, 2.24) is 0 Å². The van der Waals surface area contributed by atoms with E-state index in [2.05, 4.69) is 4.74 Å². The van der Waals surface area contributed by atoms with Crippen LogP contribution in [0.3, 0.4) is 0 Å². The first-order valence-corrected chi connectivity index (χ1v) is 4.63. The molecule has 0 rings (SSSR count). The van der Waals surface area contributed by atoms with Gasteiger partial charge in [0.05, 0.1) is 20.1 Å². The highest BCUT2D eigenvalue weighted by molar-refractivity contribution is 6.04. The summed E-state index contributed by atoms with van der Waals surface area (Å²) in [6.07, 6.45) is -0.294. The molecule has 5 nitrogen and oxygen atoms in total. The Hall–Kier alpha value is -1.39. The molecule has 0 aromatic rings. The van der Waals surface area contributed by atoms with Gasteiger partial charge in [-0.25, -0.2) is 0 Å². The molecular weight excluding hydrogens is 200 g/mol. The number of hydrogen-bond donors (Lipinski definition) is 0. The number of hydrogen-bond acceptors (Lipinski definition) is 5. The van der Waals surface area contributed by atoms with E-state index in [1.165, 1.54) is 21.0 Å². The van der Waals surface area contributed by atoms with E-state index in [0.717, 1.165) is 0 Å². The summed E-state index contributed by atoms with van der Waals surface area (Å²) in [5, 5.41) is 0. The van der Waals surface area contributed by atoms with Gasteiger partial charge in [-0.3, -0.25) is 14.4 Å². The molecule has 0 aliphatic carbocycles. The minimum atomic E-state index is -1.44. The van der Waals surface area contributed by atoms with Gasteiger partial charge in [-0.1, -0.05) is 0 Å². The molecule has 0 radical (unpaired) electrons. The Kier molecular flexibility index (Phi) is 4.97. The van der Waals surface area contributed by atoms with Crippen molar-refractivity contribution < 1.29 is 23.9 Å². The minimum absolute atomic E-state index is 0.170. The van der Waals surface area contributed by atoms with Crippen LogP contribution < -0.4 is 0 Å². The predicted octanol–water partition coefficient (Wildman–Crippen LogP) is 0.708. The van der Waals surface area contributed by atoms with Gasteiger partial charge in [-0.05, 0) is 20.8 Å². The normalized spacial score (nSPS) is 13.9. The first-order valence-electron chi connectivity index (χ1n) is 4.63. The maximum Gasteiger partial charge on any atom is 0.319 e. The molecule has 0 aromatic carbocycles. The third-order valence-electron chi connectivity index (χ3n) is 2.23. The van der Waals surface area contributed by atoms with E-state index >= 15 is 0 Å². The van der Waals surface area contributed by atoms with Crippen LogP contribution in [0.5, 0.6) is 0 Å². The number of esters is 2. The average molecular weight is 216 g/mol. The molecule has 0 aliphatic heterocycles. The van der Waals surface area contributed by atoms with Gasteiger partial charge in [0.1, 0.15) is 11.2 Å². The Morgan fingerprint density at radius 3 is 2.13 bits per heavy atom. The maximum atomic E-state index is 11.5. The van der Waals surface area contributed by atoms with Crippen molar-refractivity contribution in [2.45, 2.75) is 27.2 Å². The molecule has 86 valence electrons. The number of rotatable bonds is 5. The predicted molar refractivity (Wildman–Crippen MR) is 52.1 cm³/mol. The minimum Gasteiger partial charge on any atom is -0.469 e. The summed E-state index contributed by atoms with van der Waals surface area (Å²) in [6, 6.07) is 0. The standard InChI is InChI=1S/C10H16O5/c1-5-15-9(13)10(3,7(2)11)6-8(12)14-4/h5-6H2,1-4H3/t10-/m0/s1. The first kappa shape index (κ1) is 13.6. The summed E-state index contributed by atoms with van der Waals surface area (Å²) in [6.45, 7) is 4.43. The molecule has 0 spiro atoms. The van der Waals surface area contributed by atoms with Crippen LogP contribution in [0.4, 0.5) is 0 Å². The van der Waals surface area contributed by atoms with Gasteiger partial charge in [0.25, 0.3) is 0 Å². The average Bonchev–Trinajstić information content (AvgIpc) is 2.17. The van der Waals surface area contributed by atoms with Crippen molar-refractivity contribution in [3.8, 4) is 0 Å². The Morgan fingerprint density at radius 2 is 1.80 bits per heavy atom. The lowest BCUT2D eigenvalue weighted by Gasteiger charge is -2.22. The topological polar surface area (TPSA) is 69.7 Å². The Labute approximate surface area is 88.7 Å². The Morgan fingerprint density at radius 1 is 1.27 bits per heavy atom. The molecule has 0 saturated heterocycles. The summed E-state index contributed by atoms with van der Waals surface area (Å²) in [4.78, 5) is 33.9. The zero-order valence-corrected chi connectivity index (χ0v) is 9.46. The highest BCUT2D eigenvalue weighted by atomic mass is 16.5. The van der Waals surface area contributed by atoms with Gasteiger partial charge in [0.2, 0.25) is 0 Å². The van der Waals surface area contributed by atoms with Crippen LogP contribution in [-0.4, -0.2) is 31.4 Å². The van der Waals surface area contributed by atoms with Crippen LogP contribution >= 0.6 is 0 Å². The van der Waals surface area contributed by atoms with Crippen molar-refractivity contribution >= 4 is 17.7 Å². The van der Waals surface area contributed by atoms with E-state index in [9.17, 15) is 14.4 Å².